The van der Waals surface area contributed by atoms with E-state index in [0.717, 1.165) is 24.3 Å². The summed E-state index contributed by atoms with van der Waals surface area (Å²) in [6.07, 6.45) is 2.35. The summed E-state index contributed by atoms with van der Waals surface area (Å²) in [6, 6.07) is 0. The van der Waals surface area contributed by atoms with E-state index in [0.29, 0.717) is 22.7 Å². The molecule has 0 aromatic carbocycles. The molecule has 2 rings (SSSR count). The molecule has 4 heteroatoms. The number of Topliss-reactive ketones (excluding diaryl/α,β-unsaturated/α-hetero) is 1. The lowest BCUT2D eigenvalue weighted by atomic mass is 10.4. The Kier molecular flexibility index (Phi) is 2.63. The molecule has 1 aromatic rings. The molecule has 1 saturated carbocycles. The Labute approximate surface area is 87.3 Å². The summed E-state index contributed by atoms with van der Waals surface area (Å²) in [5.41, 5.74) is 0.942. The van der Waals surface area contributed by atoms with Gasteiger partial charge in [0.05, 0.1) is 5.69 Å². The van der Waals surface area contributed by atoms with Gasteiger partial charge in [-0.3, -0.25) is 4.79 Å². The van der Waals surface area contributed by atoms with Crippen molar-refractivity contribution in [1.29, 1.82) is 0 Å². The second-order valence-corrected chi connectivity index (χ2v) is 4.89. The van der Waals surface area contributed by atoms with E-state index >= 15 is 0 Å². The molecule has 1 aliphatic carbocycles. The molecule has 0 N–H and O–H groups in total. The molecule has 0 amide bonds. The highest BCUT2D eigenvalue weighted by Crippen LogP contribution is 2.33. The molecule has 1 fully saturated rings. The van der Waals surface area contributed by atoms with E-state index < -0.39 is 0 Å². The normalized spacial score (nSPS) is 21.9. The molecule has 0 bridgehead atoms. The third-order valence-electron chi connectivity index (χ3n) is 2.48. The molecule has 1 unspecified atom stereocenters. The summed E-state index contributed by atoms with van der Waals surface area (Å²) in [6.45, 7) is 3.84. The Hall–Kier alpha value is -0.770. The van der Waals surface area contributed by atoms with Crippen LogP contribution < -0.4 is 0 Å². The predicted molar refractivity (Wildman–Crippen MR) is 54.5 cm³/mol. The standard InChI is InChI=1S/C10H13NO2S/c1-6-7(2)13-10(11-6)14-9-4-3-8(12)5-9/h9H,3-5H2,1-2H3. The van der Waals surface area contributed by atoms with Gasteiger partial charge in [-0.05, 0) is 20.3 Å². The lowest BCUT2D eigenvalue weighted by molar-refractivity contribution is -0.117. The SMILES string of the molecule is Cc1nc(SC2CCC(=O)C2)oc1C. The summed E-state index contributed by atoms with van der Waals surface area (Å²) in [5.74, 6) is 1.24. The van der Waals surface area contributed by atoms with E-state index in [1.54, 1.807) is 11.8 Å². The molecule has 1 atom stereocenters. The number of aromatic nitrogens is 1. The highest BCUT2D eigenvalue weighted by Gasteiger charge is 2.24. The maximum absolute atomic E-state index is 11.1. The van der Waals surface area contributed by atoms with Gasteiger partial charge in [-0.15, -0.1) is 0 Å². The Morgan fingerprint density at radius 2 is 2.29 bits per heavy atom. The smallest absolute Gasteiger partial charge is 0.256 e. The second kappa shape index (κ2) is 3.77. The van der Waals surface area contributed by atoms with Crippen molar-refractivity contribution in [2.75, 3.05) is 0 Å². The van der Waals surface area contributed by atoms with E-state index in [9.17, 15) is 4.79 Å². The Bertz CT molecular complexity index is 340. The fraction of sp³-hybridized carbons (Fsp3) is 0.600. The van der Waals surface area contributed by atoms with Crippen LogP contribution in [0.5, 0.6) is 0 Å². The molecular formula is C10H13NO2S. The highest BCUT2D eigenvalue weighted by molar-refractivity contribution is 7.99. The molecule has 3 nitrogen and oxygen atoms in total. The molecule has 14 heavy (non-hydrogen) atoms. The minimum Gasteiger partial charge on any atom is -0.437 e. The molecule has 0 radical (unpaired) electrons. The van der Waals surface area contributed by atoms with Crippen LogP contribution in [0.25, 0.3) is 0 Å². The van der Waals surface area contributed by atoms with Gasteiger partial charge in [0.25, 0.3) is 5.22 Å². The average Bonchev–Trinajstić information content (AvgIpc) is 2.62. The first kappa shape index (κ1) is 9.77. The van der Waals surface area contributed by atoms with Crippen molar-refractivity contribution in [1.82, 2.24) is 4.98 Å². The molecule has 76 valence electrons. The van der Waals surface area contributed by atoms with Crippen LogP contribution >= 0.6 is 11.8 Å². The molecule has 0 saturated heterocycles. The number of carbonyl (C=O) groups excluding carboxylic acids is 1. The quantitative estimate of drug-likeness (QED) is 0.753. The first-order valence-electron chi connectivity index (χ1n) is 4.77. The molecule has 1 aromatic heterocycles. The van der Waals surface area contributed by atoms with Crippen molar-refractivity contribution < 1.29 is 9.21 Å². The van der Waals surface area contributed by atoms with Crippen molar-refractivity contribution >= 4 is 17.5 Å². The summed E-state index contributed by atoms with van der Waals surface area (Å²) in [7, 11) is 0. The summed E-state index contributed by atoms with van der Waals surface area (Å²) >= 11 is 1.59. The minimum atomic E-state index is 0.363. The number of thioether (sulfide) groups is 1. The van der Waals surface area contributed by atoms with Crippen LogP contribution in [0.1, 0.15) is 30.7 Å². The fourth-order valence-corrected chi connectivity index (χ4v) is 2.67. The monoisotopic (exact) mass is 211 g/mol. The van der Waals surface area contributed by atoms with Crippen LogP contribution in [-0.2, 0) is 4.79 Å². The second-order valence-electron chi connectivity index (χ2n) is 3.64. The van der Waals surface area contributed by atoms with Crippen molar-refractivity contribution in [2.45, 2.75) is 43.6 Å². The van der Waals surface area contributed by atoms with Crippen LogP contribution in [0.4, 0.5) is 0 Å². The van der Waals surface area contributed by atoms with Gasteiger partial charge in [-0.25, -0.2) is 4.98 Å². The zero-order chi connectivity index (χ0) is 10.1. The average molecular weight is 211 g/mol. The van der Waals surface area contributed by atoms with Crippen molar-refractivity contribution in [2.24, 2.45) is 0 Å². The molecule has 1 heterocycles. The maximum atomic E-state index is 11.1. The molecule has 0 spiro atoms. The Morgan fingerprint density at radius 1 is 1.50 bits per heavy atom. The van der Waals surface area contributed by atoms with E-state index in [1.807, 2.05) is 13.8 Å². The zero-order valence-corrected chi connectivity index (χ0v) is 9.19. The van der Waals surface area contributed by atoms with Crippen LogP contribution in [0.2, 0.25) is 0 Å². The molecule has 0 aliphatic heterocycles. The van der Waals surface area contributed by atoms with E-state index in [-0.39, 0.29) is 0 Å². The van der Waals surface area contributed by atoms with Crippen molar-refractivity contribution in [3.8, 4) is 0 Å². The Balaban J connectivity index is 2.00. The largest absolute Gasteiger partial charge is 0.437 e. The van der Waals surface area contributed by atoms with Gasteiger partial charge < -0.3 is 4.42 Å². The summed E-state index contributed by atoms with van der Waals surface area (Å²) in [4.78, 5) is 15.3. The van der Waals surface area contributed by atoms with Crippen LogP contribution in [0, 0.1) is 13.8 Å². The van der Waals surface area contributed by atoms with Crippen LogP contribution in [-0.4, -0.2) is 16.0 Å². The molecule has 1 aliphatic rings. The van der Waals surface area contributed by atoms with Gasteiger partial charge in [-0.2, -0.15) is 0 Å². The van der Waals surface area contributed by atoms with Crippen molar-refractivity contribution in [3.05, 3.63) is 11.5 Å². The number of hydrogen-bond donors (Lipinski definition) is 0. The van der Waals surface area contributed by atoms with Gasteiger partial charge in [0.1, 0.15) is 11.5 Å². The number of aryl methyl sites for hydroxylation is 2. The maximum Gasteiger partial charge on any atom is 0.256 e. The van der Waals surface area contributed by atoms with Gasteiger partial charge in [0.15, 0.2) is 0 Å². The first-order chi connectivity index (χ1) is 6.65. The van der Waals surface area contributed by atoms with Crippen LogP contribution in [0.15, 0.2) is 9.64 Å². The van der Waals surface area contributed by atoms with Crippen LogP contribution in [0.3, 0.4) is 0 Å². The van der Waals surface area contributed by atoms with E-state index in [1.165, 1.54) is 0 Å². The van der Waals surface area contributed by atoms with Gasteiger partial charge in [0, 0.05) is 18.1 Å². The fourth-order valence-electron chi connectivity index (χ4n) is 1.52. The Morgan fingerprint density at radius 3 is 2.79 bits per heavy atom. The number of oxazole rings is 1. The highest BCUT2D eigenvalue weighted by atomic mass is 32.2. The zero-order valence-electron chi connectivity index (χ0n) is 8.37. The lowest BCUT2D eigenvalue weighted by Gasteiger charge is -2.01. The van der Waals surface area contributed by atoms with Crippen molar-refractivity contribution in [3.63, 3.8) is 0 Å². The number of rotatable bonds is 2. The number of hydrogen-bond acceptors (Lipinski definition) is 4. The lowest BCUT2D eigenvalue weighted by Crippen LogP contribution is -1.95. The summed E-state index contributed by atoms with van der Waals surface area (Å²) < 4.78 is 5.45. The predicted octanol–water partition coefficient (Wildman–Crippen LogP) is 2.51. The molecular weight excluding hydrogens is 198 g/mol. The minimum absolute atomic E-state index is 0.363. The number of ketones is 1. The van der Waals surface area contributed by atoms with E-state index in [4.69, 9.17) is 4.42 Å². The summed E-state index contributed by atoms with van der Waals surface area (Å²) in [5, 5.41) is 1.08. The topological polar surface area (TPSA) is 43.1 Å². The number of nitrogens with zero attached hydrogens (tertiary/aromatic N) is 1. The van der Waals surface area contributed by atoms with Gasteiger partial charge >= 0.3 is 0 Å². The first-order valence-corrected chi connectivity index (χ1v) is 5.65. The number of carbonyl (C=O) groups is 1. The van der Waals surface area contributed by atoms with E-state index in [2.05, 4.69) is 4.98 Å². The third kappa shape index (κ3) is 2.00. The third-order valence-corrected chi connectivity index (χ3v) is 3.59. The van der Waals surface area contributed by atoms with Gasteiger partial charge in [-0.1, -0.05) is 11.8 Å². The van der Waals surface area contributed by atoms with Gasteiger partial charge in [0.2, 0.25) is 0 Å².